The van der Waals surface area contributed by atoms with Gasteiger partial charge in [-0.1, -0.05) is 29.0 Å². The molecule has 0 saturated heterocycles. The second kappa shape index (κ2) is 6.84. The van der Waals surface area contributed by atoms with E-state index < -0.39 is 0 Å². The molecule has 0 aliphatic carbocycles. The smallest absolute Gasteiger partial charge is 0.293 e. The van der Waals surface area contributed by atoms with E-state index in [9.17, 15) is 4.79 Å². The zero-order valence-electron chi connectivity index (χ0n) is 13.6. The molecule has 124 valence electrons. The number of furan rings is 1. The first kappa shape index (κ1) is 16.2. The first-order valence-electron chi connectivity index (χ1n) is 7.41. The maximum atomic E-state index is 12.1. The average molecular weight is 343 g/mol. The van der Waals surface area contributed by atoms with E-state index in [2.05, 4.69) is 21.6 Å². The van der Waals surface area contributed by atoms with Crippen LogP contribution in [0, 0.1) is 20.8 Å². The lowest BCUT2D eigenvalue weighted by molar-refractivity contribution is 0.0992. The summed E-state index contributed by atoms with van der Waals surface area (Å²) in [5.74, 6) is 1.23. The number of aromatic nitrogens is 2. The summed E-state index contributed by atoms with van der Waals surface area (Å²) < 4.78 is 11.3. The maximum absolute atomic E-state index is 12.1. The van der Waals surface area contributed by atoms with E-state index in [1.807, 2.05) is 32.9 Å². The molecule has 6 nitrogen and oxygen atoms in total. The van der Waals surface area contributed by atoms with Gasteiger partial charge in [0.15, 0.2) is 5.76 Å². The minimum absolute atomic E-state index is 0.210. The summed E-state index contributed by atoms with van der Waals surface area (Å²) in [5.41, 5.74) is 2.25. The number of carbonyl (C=O) groups is 1. The van der Waals surface area contributed by atoms with E-state index >= 15 is 0 Å². The van der Waals surface area contributed by atoms with Crippen LogP contribution >= 0.6 is 11.3 Å². The summed E-state index contributed by atoms with van der Waals surface area (Å²) in [6.07, 6.45) is 0. The van der Waals surface area contributed by atoms with Crippen molar-refractivity contribution in [3.8, 4) is 5.75 Å². The van der Waals surface area contributed by atoms with Crippen LogP contribution in [-0.4, -0.2) is 16.1 Å². The number of hydrogen-bond donors (Lipinski definition) is 1. The molecule has 1 aromatic carbocycles. The molecule has 0 aliphatic rings. The van der Waals surface area contributed by atoms with Gasteiger partial charge in [-0.05, 0) is 44.5 Å². The summed E-state index contributed by atoms with van der Waals surface area (Å²) in [6.45, 7) is 6.11. The van der Waals surface area contributed by atoms with Crippen LogP contribution < -0.4 is 10.1 Å². The second-order valence-corrected chi connectivity index (χ2v) is 6.59. The molecule has 1 amide bonds. The Morgan fingerprint density at radius 1 is 1.21 bits per heavy atom. The van der Waals surface area contributed by atoms with Gasteiger partial charge in [0.05, 0.1) is 0 Å². The first-order chi connectivity index (χ1) is 11.5. The molecule has 0 unspecified atom stereocenters. The lowest BCUT2D eigenvalue weighted by Crippen LogP contribution is -2.10. The fraction of sp³-hybridized carbons (Fsp3) is 0.235. The van der Waals surface area contributed by atoms with Crippen LogP contribution in [-0.2, 0) is 6.61 Å². The van der Waals surface area contributed by atoms with Gasteiger partial charge in [-0.2, -0.15) is 0 Å². The van der Waals surface area contributed by atoms with Crippen molar-refractivity contribution in [3.05, 3.63) is 58.0 Å². The fourth-order valence-corrected chi connectivity index (χ4v) is 2.78. The van der Waals surface area contributed by atoms with E-state index in [4.69, 9.17) is 9.15 Å². The highest BCUT2D eigenvalue weighted by Crippen LogP contribution is 2.21. The third kappa shape index (κ3) is 3.80. The third-order valence-electron chi connectivity index (χ3n) is 3.33. The Labute approximate surface area is 143 Å². The van der Waals surface area contributed by atoms with Gasteiger partial charge in [0.1, 0.15) is 23.1 Å². The summed E-state index contributed by atoms with van der Waals surface area (Å²) in [5, 5.41) is 11.6. The van der Waals surface area contributed by atoms with E-state index in [-0.39, 0.29) is 18.3 Å². The van der Waals surface area contributed by atoms with Crippen molar-refractivity contribution in [2.75, 3.05) is 5.32 Å². The Balaban J connectivity index is 1.61. The minimum Gasteiger partial charge on any atom is -0.485 e. The SMILES string of the molecule is Cc1ccc(OCc2ccc(C(=O)Nc3nnc(C)s3)o2)c(C)c1. The molecule has 0 radical (unpaired) electrons. The number of nitrogens with zero attached hydrogens (tertiary/aromatic N) is 2. The van der Waals surface area contributed by atoms with Crippen LogP contribution in [0.4, 0.5) is 5.13 Å². The monoisotopic (exact) mass is 343 g/mol. The number of ether oxygens (including phenoxy) is 1. The minimum atomic E-state index is -0.357. The van der Waals surface area contributed by atoms with Crippen molar-refractivity contribution in [2.45, 2.75) is 27.4 Å². The average Bonchev–Trinajstić information content (AvgIpc) is 3.15. The summed E-state index contributed by atoms with van der Waals surface area (Å²) in [7, 11) is 0. The molecule has 0 fully saturated rings. The van der Waals surface area contributed by atoms with E-state index in [1.54, 1.807) is 12.1 Å². The molecule has 0 atom stereocenters. The number of carbonyl (C=O) groups excluding carboxylic acids is 1. The Hall–Kier alpha value is -2.67. The topological polar surface area (TPSA) is 77.2 Å². The molecule has 2 heterocycles. The summed E-state index contributed by atoms with van der Waals surface area (Å²) in [6, 6.07) is 9.32. The molecule has 0 saturated carbocycles. The third-order valence-corrected chi connectivity index (χ3v) is 4.09. The molecular formula is C17H17N3O3S. The van der Waals surface area contributed by atoms with Gasteiger partial charge in [0.25, 0.3) is 5.91 Å². The highest BCUT2D eigenvalue weighted by atomic mass is 32.1. The van der Waals surface area contributed by atoms with Crippen LogP contribution in [0.5, 0.6) is 5.75 Å². The number of hydrogen-bond acceptors (Lipinski definition) is 6. The molecule has 3 aromatic rings. The van der Waals surface area contributed by atoms with Crippen LogP contribution in [0.2, 0.25) is 0 Å². The summed E-state index contributed by atoms with van der Waals surface area (Å²) >= 11 is 1.31. The lowest BCUT2D eigenvalue weighted by Gasteiger charge is -2.08. The van der Waals surface area contributed by atoms with Crippen LogP contribution in [0.3, 0.4) is 0 Å². The quantitative estimate of drug-likeness (QED) is 0.760. The normalized spacial score (nSPS) is 10.6. The predicted octanol–water partition coefficient (Wildman–Crippen LogP) is 3.89. The number of benzene rings is 1. The van der Waals surface area contributed by atoms with Crippen molar-refractivity contribution < 1.29 is 13.9 Å². The molecule has 0 bridgehead atoms. The number of nitrogens with one attached hydrogen (secondary N) is 1. The van der Waals surface area contributed by atoms with E-state index in [0.29, 0.717) is 10.9 Å². The molecule has 24 heavy (non-hydrogen) atoms. The molecule has 7 heteroatoms. The van der Waals surface area contributed by atoms with Crippen molar-refractivity contribution in [3.63, 3.8) is 0 Å². The number of amides is 1. The highest BCUT2D eigenvalue weighted by molar-refractivity contribution is 7.15. The standard InChI is InChI=1S/C17H17N3O3S/c1-10-4-6-14(11(2)8-10)22-9-13-5-7-15(23-13)16(21)18-17-20-19-12(3)24-17/h4-8H,9H2,1-3H3,(H,18,20,21). The van der Waals surface area contributed by atoms with Crippen molar-refractivity contribution in [2.24, 2.45) is 0 Å². The number of aryl methyl sites for hydroxylation is 3. The Morgan fingerprint density at radius 2 is 2.04 bits per heavy atom. The molecule has 1 N–H and O–H groups in total. The lowest BCUT2D eigenvalue weighted by atomic mass is 10.1. The predicted molar refractivity (Wildman–Crippen MR) is 91.6 cm³/mol. The molecule has 3 rings (SSSR count). The van der Waals surface area contributed by atoms with Gasteiger partial charge in [0, 0.05) is 0 Å². The van der Waals surface area contributed by atoms with Crippen molar-refractivity contribution in [1.82, 2.24) is 10.2 Å². The van der Waals surface area contributed by atoms with Gasteiger partial charge in [-0.25, -0.2) is 0 Å². The Morgan fingerprint density at radius 3 is 2.75 bits per heavy atom. The Bertz CT molecular complexity index is 870. The van der Waals surface area contributed by atoms with Gasteiger partial charge >= 0.3 is 0 Å². The second-order valence-electron chi connectivity index (χ2n) is 5.40. The molecular weight excluding hydrogens is 326 g/mol. The van der Waals surface area contributed by atoms with Gasteiger partial charge in [-0.3, -0.25) is 10.1 Å². The zero-order chi connectivity index (χ0) is 17.1. The maximum Gasteiger partial charge on any atom is 0.293 e. The largest absolute Gasteiger partial charge is 0.485 e. The first-order valence-corrected chi connectivity index (χ1v) is 8.23. The Kier molecular flexibility index (Phi) is 4.61. The number of anilines is 1. The number of rotatable bonds is 5. The zero-order valence-corrected chi connectivity index (χ0v) is 14.4. The molecule has 0 spiro atoms. The summed E-state index contributed by atoms with van der Waals surface area (Å²) in [4.78, 5) is 12.1. The molecule has 0 aliphatic heterocycles. The van der Waals surface area contributed by atoms with Gasteiger partial charge in [0.2, 0.25) is 5.13 Å². The van der Waals surface area contributed by atoms with Gasteiger partial charge < -0.3 is 9.15 Å². The van der Waals surface area contributed by atoms with Crippen LogP contribution in [0.15, 0.2) is 34.7 Å². The van der Waals surface area contributed by atoms with E-state index in [0.717, 1.165) is 16.3 Å². The fourth-order valence-electron chi connectivity index (χ4n) is 2.19. The van der Waals surface area contributed by atoms with Gasteiger partial charge in [-0.15, -0.1) is 10.2 Å². The highest BCUT2D eigenvalue weighted by Gasteiger charge is 2.14. The molecule has 2 aromatic heterocycles. The van der Waals surface area contributed by atoms with Crippen LogP contribution in [0.25, 0.3) is 0 Å². The van der Waals surface area contributed by atoms with Crippen molar-refractivity contribution in [1.29, 1.82) is 0 Å². The van der Waals surface area contributed by atoms with E-state index in [1.165, 1.54) is 16.9 Å². The van der Waals surface area contributed by atoms with Crippen molar-refractivity contribution >= 4 is 22.4 Å². The van der Waals surface area contributed by atoms with Crippen LogP contribution in [0.1, 0.15) is 32.4 Å².